The Morgan fingerprint density at radius 3 is 2.56 bits per heavy atom. The van der Waals surface area contributed by atoms with Gasteiger partial charge in [-0.2, -0.15) is 0 Å². The first-order valence-electron chi connectivity index (χ1n) is 15.7. The van der Waals surface area contributed by atoms with Gasteiger partial charge in [-0.1, -0.05) is 73.5 Å². The Bertz CT molecular complexity index is 1300. The standard InChI is InChI=1S/C34H44N4O4.ClH/c39-33(37-18-17-35-22-29(37)21-26-9-3-1-4-10-26)31-32(28-11-5-2-6-12-28)38(25-36-31)30-13-7-8-16-34(30,40)24-42-23-27-14-19-41-20-15-27;/h1-6,9-12,25,27,29-30,35,40H,7-8,13-24H2;1H/t29-,30?,34?;/m1./s1. The van der Waals surface area contributed by atoms with Crippen LogP contribution in [0.3, 0.4) is 0 Å². The highest BCUT2D eigenvalue weighted by Crippen LogP contribution is 2.41. The zero-order valence-electron chi connectivity index (χ0n) is 24.9. The van der Waals surface area contributed by atoms with Crippen molar-refractivity contribution in [3.8, 4) is 11.3 Å². The number of hydrogen-bond donors (Lipinski definition) is 2. The normalized spacial score (nSPS) is 24.8. The highest BCUT2D eigenvalue weighted by molar-refractivity contribution is 5.98. The van der Waals surface area contributed by atoms with E-state index in [1.807, 2.05) is 53.4 Å². The van der Waals surface area contributed by atoms with Crippen LogP contribution < -0.4 is 5.32 Å². The summed E-state index contributed by atoms with van der Waals surface area (Å²) in [4.78, 5) is 21.1. The first-order chi connectivity index (χ1) is 20.6. The van der Waals surface area contributed by atoms with Gasteiger partial charge in [0.1, 0.15) is 5.60 Å². The quantitative estimate of drug-likeness (QED) is 0.359. The van der Waals surface area contributed by atoms with Gasteiger partial charge in [-0.3, -0.25) is 4.79 Å². The molecule has 43 heavy (non-hydrogen) atoms. The number of nitrogens with one attached hydrogen (secondary N) is 1. The van der Waals surface area contributed by atoms with Crippen molar-refractivity contribution in [1.82, 2.24) is 19.8 Å². The van der Waals surface area contributed by atoms with Crippen LogP contribution in [0.25, 0.3) is 11.3 Å². The predicted molar refractivity (Wildman–Crippen MR) is 170 cm³/mol. The van der Waals surface area contributed by atoms with E-state index < -0.39 is 5.60 Å². The summed E-state index contributed by atoms with van der Waals surface area (Å²) < 4.78 is 13.8. The molecule has 2 N–H and O–H groups in total. The number of amides is 1. The maximum atomic E-state index is 14.3. The molecule has 3 aliphatic rings. The second-order valence-corrected chi connectivity index (χ2v) is 12.2. The van der Waals surface area contributed by atoms with Crippen LogP contribution in [0.4, 0.5) is 0 Å². The molecular formula is C34H45ClN4O4. The van der Waals surface area contributed by atoms with Gasteiger partial charge in [-0.15, -0.1) is 12.4 Å². The van der Waals surface area contributed by atoms with Crippen molar-refractivity contribution in [2.75, 3.05) is 46.1 Å². The van der Waals surface area contributed by atoms with Crippen molar-refractivity contribution in [2.24, 2.45) is 5.92 Å². The van der Waals surface area contributed by atoms with E-state index in [1.54, 1.807) is 6.33 Å². The summed E-state index contributed by atoms with van der Waals surface area (Å²) in [7, 11) is 0. The highest BCUT2D eigenvalue weighted by atomic mass is 35.5. The third kappa shape index (κ3) is 7.32. The summed E-state index contributed by atoms with van der Waals surface area (Å²) in [5.41, 5.74) is 2.36. The first-order valence-corrected chi connectivity index (χ1v) is 15.7. The van der Waals surface area contributed by atoms with Crippen LogP contribution in [0.2, 0.25) is 0 Å². The molecule has 0 spiro atoms. The van der Waals surface area contributed by atoms with Gasteiger partial charge in [0.05, 0.1) is 24.7 Å². The molecule has 8 nitrogen and oxygen atoms in total. The van der Waals surface area contributed by atoms with Gasteiger partial charge >= 0.3 is 0 Å². The zero-order valence-corrected chi connectivity index (χ0v) is 25.7. The average molecular weight is 609 g/mol. The summed E-state index contributed by atoms with van der Waals surface area (Å²) in [5.74, 6) is 0.426. The average Bonchev–Trinajstić information content (AvgIpc) is 3.47. The van der Waals surface area contributed by atoms with Gasteiger partial charge in [0.15, 0.2) is 5.69 Å². The van der Waals surface area contributed by atoms with Crippen molar-refractivity contribution in [2.45, 2.75) is 62.6 Å². The minimum Gasteiger partial charge on any atom is -0.385 e. The second-order valence-electron chi connectivity index (χ2n) is 12.2. The Morgan fingerprint density at radius 2 is 1.79 bits per heavy atom. The smallest absolute Gasteiger partial charge is 0.275 e. The van der Waals surface area contributed by atoms with Crippen LogP contribution in [0.15, 0.2) is 67.0 Å². The zero-order chi connectivity index (χ0) is 28.8. The molecule has 2 aromatic carbocycles. The molecule has 1 aromatic heterocycles. The number of halogens is 1. The Morgan fingerprint density at radius 1 is 1.05 bits per heavy atom. The summed E-state index contributed by atoms with van der Waals surface area (Å²) in [5, 5.41) is 15.6. The van der Waals surface area contributed by atoms with E-state index in [0.29, 0.717) is 31.2 Å². The lowest BCUT2D eigenvalue weighted by Gasteiger charge is -2.41. The summed E-state index contributed by atoms with van der Waals surface area (Å²) >= 11 is 0. The Balaban J connectivity index is 0.00000368. The number of nitrogens with zero attached hydrogens (tertiary/aromatic N) is 3. The number of carbonyl (C=O) groups excluding carboxylic acids is 1. The lowest BCUT2D eigenvalue weighted by molar-refractivity contribution is -0.108. The fraction of sp³-hybridized carbons (Fsp3) is 0.529. The summed E-state index contributed by atoms with van der Waals surface area (Å²) in [6, 6.07) is 20.2. The van der Waals surface area contributed by atoms with E-state index in [2.05, 4.69) is 22.0 Å². The topological polar surface area (TPSA) is 88.9 Å². The van der Waals surface area contributed by atoms with E-state index in [4.69, 9.17) is 14.5 Å². The predicted octanol–water partition coefficient (Wildman–Crippen LogP) is 4.92. The van der Waals surface area contributed by atoms with Crippen molar-refractivity contribution in [3.05, 3.63) is 78.2 Å². The molecule has 3 heterocycles. The van der Waals surface area contributed by atoms with Crippen LogP contribution in [0.1, 0.15) is 60.6 Å². The number of piperazine rings is 1. The van der Waals surface area contributed by atoms with Gasteiger partial charge in [0, 0.05) is 51.1 Å². The van der Waals surface area contributed by atoms with Crippen LogP contribution in [-0.2, 0) is 15.9 Å². The number of rotatable bonds is 9. The van der Waals surface area contributed by atoms with E-state index >= 15 is 0 Å². The Labute approximate surface area is 261 Å². The molecule has 0 radical (unpaired) electrons. The largest absolute Gasteiger partial charge is 0.385 e. The number of hydrogen-bond acceptors (Lipinski definition) is 6. The number of carbonyl (C=O) groups is 1. The molecule has 2 aliphatic heterocycles. The van der Waals surface area contributed by atoms with E-state index in [1.165, 1.54) is 5.56 Å². The molecule has 3 fully saturated rings. The minimum absolute atomic E-state index is 0. The highest BCUT2D eigenvalue weighted by Gasteiger charge is 2.43. The molecule has 2 saturated heterocycles. The Kier molecular flexibility index (Phi) is 10.9. The van der Waals surface area contributed by atoms with E-state index in [9.17, 15) is 9.90 Å². The number of aromatic nitrogens is 2. The first kappa shape index (κ1) is 31.7. The van der Waals surface area contributed by atoms with Crippen LogP contribution in [-0.4, -0.2) is 83.2 Å². The maximum Gasteiger partial charge on any atom is 0.275 e. The lowest BCUT2D eigenvalue weighted by atomic mass is 9.80. The van der Waals surface area contributed by atoms with Gasteiger partial charge < -0.3 is 29.4 Å². The van der Waals surface area contributed by atoms with Crippen molar-refractivity contribution in [1.29, 1.82) is 0 Å². The molecule has 1 amide bonds. The van der Waals surface area contributed by atoms with Crippen LogP contribution >= 0.6 is 12.4 Å². The minimum atomic E-state index is -1.03. The molecule has 6 rings (SSSR count). The lowest BCUT2D eigenvalue weighted by Crippen LogP contribution is -2.54. The molecule has 1 saturated carbocycles. The molecule has 0 bridgehead atoms. The van der Waals surface area contributed by atoms with Gasteiger partial charge in [-0.05, 0) is 43.6 Å². The number of imidazole rings is 1. The van der Waals surface area contributed by atoms with Gasteiger partial charge in [0.25, 0.3) is 5.91 Å². The van der Waals surface area contributed by atoms with Crippen molar-refractivity contribution in [3.63, 3.8) is 0 Å². The van der Waals surface area contributed by atoms with Gasteiger partial charge in [0.2, 0.25) is 0 Å². The summed E-state index contributed by atoms with van der Waals surface area (Å²) in [6.45, 7) is 4.62. The van der Waals surface area contributed by atoms with E-state index in [-0.39, 0.29) is 37.0 Å². The number of aliphatic hydroxyl groups is 1. The van der Waals surface area contributed by atoms with Gasteiger partial charge in [-0.25, -0.2) is 4.98 Å². The van der Waals surface area contributed by atoms with Crippen LogP contribution in [0.5, 0.6) is 0 Å². The number of benzene rings is 2. The molecule has 232 valence electrons. The number of ether oxygens (including phenoxy) is 2. The summed E-state index contributed by atoms with van der Waals surface area (Å²) in [6.07, 6.45) is 8.02. The van der Waals surface area contributed by atoms with E-state index in [0.717, 1.165) is 76.1 Å². The Hall–Kier alpha value is -2.75. The SMILES string of the molecule is Cl.O=C(c1ncn(C2CCCCC2(O)COCC2CCOCC2)c1-c1ccccc1)N1CCNC[C@H]1Cc1ccccc1. The third-order valence-electron chi connectivity index (χ3n) is 9.31. The monoisotopic (exact) mass is 608 g/mol. The molecule has 9 heteroatoms. The molecule has 1 aliphatic carbocycles. The van der Waals surface area contributed by atoms with Crippen molar-refractivity contribution >= 4 is 18.3 Å². The molecule has 2 unspecified atom stereocenters. The fourth-order valence-corrected chi connectivity index (χ4v) is 6.95. The second kappa shape index (κ2) is 14.8. The molecule has 3 atom stereocenters. The fourth-order valence-electron chi connectivity index (χ4n) is 6.95. The van der Waals surface area contributed by atoms with Crippen molar-refractivity contribution < 1.29 is 19.4 Å². The third-order valence-corrected chi connectivity index (χ3v) is 9.31. The molecule has 3 aromatic rings. The van der Waals surface area contributed by atoms with Crippen LogP contribution in [0, 0.1) is 5.92 Å². The maximum absolute atomic E-state index is 14.3. The molecular weight excluding hydrogens is 564 g/mol.